The Bertz CT molecular complexity index is 783. The fourth-order valence-electron chi connectivity index (χ4n) is 2.90. The fraction of sp³-hybridized carbons (Fsp3) is 0.353. The molecular formula is C17H18BrN3O3. The molecular weight excluding hydrogens is 374 g/mol. The molecule has 1 aromatic carbocycles. The van der Waals surface area contributed by atoms with Crippen molar-refractivity contribution in [2.24, 2.45) is 0 Å². The number of nitrogens with one attached hydrogen (secondary N) is 1. The van der Waals surface area contributed by atoms with Crippen molar-refractivity contribution in [1.82, 2.24) is 15.1 Å². The first-order valence-corrected chi connectivity index (χ1v) is 8.67. The molecule has 2 aromatic rings. The van der Waals surface area contributed by atoms with Crippen molar-refractivity contribution in [1.29, 1.82) is 0 Å². The van der Waals surface area contributed by atoms with Crippen molar-refractivity contribution in [3.63, 3.8) is 0 Å². The molecule has 0 radical (unpaired) electrons. The average molecular weight is 392 g/mol. The molecule has 7 heteroatoms. The third-order valence-corrected chi connectivity index (χ3v) is 4.71. The largest absolute Gasteiger partial charge is 0.480 e. The Morgan fingerprint density at radius 1 is 1.25 bits per heavy atom. The average Bonchev–Trinajstić information content (AvgIpc) is 2.95. The molecule has 1 amide bonds. The number of carbonyl (C=O) groups is 2. The lowest BCUT2D eigenvalue weighted by Gasteiger charge is -2.14. The van der Waals surface area contributed by atoms with Crippen LogP contribution in [0.3, 0.4) is 0 Å². The van der Waals surface area contributed by atoms with Crippen LogP contribution in [0.15, 0.2) is 28.7 Å². The number of rotatable bonds is 4. The number of aliphatic carboxylic acids is 1. The van der Waals surface area contributed by atoms with Gasteiger partial charge in [0.25, 0.3) is 5.91 Å². The number of fused-ring (bicyclic) bond motifs is 1. The molecule has 0 saturated heterocycles. The summed E-state index contributed by atoms with van der Waals surface area (Å²) in [5.74, 6) is -1.50. The van der Waals surface area contributed by atoms with Gasteiger partial charge < -0.3 is 10.4 Å². The minimum absolute atomic E-state index is 0.334. The summed E-state index contributed by atoms with van der Waals surface area (Å²) in [5, 5.41) is 16.0. The first-order valence-electron chi connectivity index (χ1n) is 7.87. The predicted molar refractivity (Wildman–Crippen MR) is 92.5 cm³/mol. The summed E-state index contributed by atoms with van der Waals surface area (Å²) in [7, 11) is 0. The maximum atomic E-state index is 12.5. The van der Waals surface area contributed by atoms with Gasteiger partial charge in [0.1, 0.15) is 6.04 Å². The maximum Gasteiger partial charge on any atom is 0.325 e. The van der Waals surface area contributed by atoms with Crippen LogP contribution in [0.4, 0.5) is 0 Å². The van der Waals surface area contributed by atoms with Gasteiger partial charge in [-0.3, -0.25) is 9.59 Å². The van der Waals surface area contributed by atoms with Gasteiger partial charge in [0.05, 0.1) is 5.69 Å². The monoisotopic (exact) mass is 391 g/mol. The van der Waals surface area contributed by atoms with Crippen molar-refractivity contribution in [2.45, 2.75) is 38.6 Å². The maximum absolute atomic E-state index is 12.5. The van der Waals surface area contributed by atoms with E-state index in [2.05, 4.69) is 26.3 Å². The van der Waals surface area contributed by atoms with Crippen molar-refractivity contribution in [3.8, 4) is 5.69 Å². The van der Waals surface area contributed by atoms with E-state index in [-0.39, 0.29) is 0 Å². The number of benzene rings is 1. The summed E-state index contributed by atoms with van der Waals surface area (Å²) in [4.78, 5) is 23.4. The van der Waals surface area contributed by atoms with Crippen LogP contribution >= 0.6 is 15.9 Å². The highest BCUT2D eigenvalue weighted by atomic mass is 79.9. The van der Waals surface area contributed by atoms with Crippen LogP contribution in [0, 0.1) is 0 Å². The van der Waals surface area contributed by atoms with Gasteiger partial charge >= 0.3 is 5.97 Å². The number of nitrogens with zero attached hydrogens (tertiary/aromatic N) is 2. The van der Waals surface area contributed by atoms with Gasteiger partial charge in [-0.2, -0.15) is 5.10 Å². The molecule has 1 aliphatic rings. The quantitative estimate of drug-likeness (QED) is 0.838. The van der Waals surface area contributed by atoms with Crippen molar-refractivity contribution in [2.75, 3.05) is 0 Å². The van der Waals surface area contributed by atoms with Crippen LogP contribution in [0.1, 0.15) is 41.5 Å². The molecule has 0 unspecified atom stereocenters. The predicted octanol–water partition coefficient (Wildman–Crippen LogP) is 2.72. The highest BCUT2D eigenvalue weighted by Gasteiger charge is 2.27. The van der Waals surface area contributed by atoms with Crippen LogP contribution in [0.25, 0.3) is 5.69 Å². The van der Waals surface area contributed by atoms with Crippen LogP contribution in [-0.2, 0) is 17.6 Å². The van der Waals surface area contributed by atoms with Crippen LogP contribution in [0.2, 0.25) is 0 Å². The molecule has 1 atom stereocenters. The number of carbonyl (C=O) groups excluding carboxylic acids is 1. The summed E-state index contributed by atoms with van der Waals surface area (Å²) in [6, 6.07) is 6.78. The third kappa shape index (κ3) is 3.21. The number of carboxylic acids is 1. The molecule has 0 fully saturated rings. The van der Waals surface area contributed by atoms with Gasteiger partial charge in [-0.05, 0) is 56.9 Å². The van der Waals surface area contributed by atoms with E-state index in [1.54, 1.807) is 4.68 Å². The number of hydrogen-bond acceptors (Lipinski definition) is 3. The molecule has 126 valence electrons. The number of hydrogen-bond donors (Lipinski definition) is 2. The number of halogens is 1. The van der Waals surface area contributed by atoms with Crippen LogP contribution < -0.4 is 5.32 Å². The molecule has 1 aliphatic carbocycles. The number of aromatic nitrogens is 2. The standard InChI is InChI=1S/C17H18BrN3O3/c1-10(17(23)24)19-16(22)15-13-4-2-3-5-14(13)21(20-15)12-8-6-11(18)7-9-12/h6-10H,2-5H2,1H3,(H,19,22)(H,23,24)/t10-/m1/s1. The Kier molecular flexibility index (Phi) is 4.71. The zero-order chi connectivity index (χ0) is 17.3. The van der Waals surface area contributed by atoms with E-state index in [4.69, 9.17) is 5.11 Å². The lowest BCUT2D eigenvalue weighted by molar-refractivity contribution is -0.138. The van der Waals surface area contributed by atoms with E-state index in [1.807, 2.05) is 24.3 Å². The normalized spacial score (nSPS) is 14.8. The highest BCUT2D eigenvalue weighted by molar-refractivity contribution is 9.10. The van der Waals surface area contributed by atoms with Crippen molar-refractivity contribution >= 4 is 27.8 Å². The van der Waals surface area contributed by atoms with Gasteiger partial charge in [-0.25, -0.2) is 4.68 Å². The Morgan fingerprint density at radius 2 is 1.92 bits per heavy atom. The first-order chi connectivity index (χ1) is 11.5. The van der Waals surface area contributed by atoms with E-state index in [0.29, 0.717) is 5.69 Å². The summed E-state index contributed by atoms with van der Waals surface area (Å²) < 4.78 is 2.78. The van der Waals surface area contributed by atoms with E-state index < -0.39 is 17.9 Å². The van der Waals surface area contributed by atoms with E-state index >= 15 is 0 Å². The first kappa shape index (κ1) is 16.7. The highest BCUT2D eigenvalue weighted by Crippen LogP contribution is 2.27. The van der Waals surface area contributed by atoms with Gasteiger partial charge in [-0.15, -0.1) is 0 Å². The molecule has 6 nitrogen and oxygen atoms in total. The molecule has 1 aromatic heterocycles. The minimum Gasteiger partial charge on any atom is -0.480 e. The molecule has 0 bridgehead atoms. The van der Waals surface area contributed by atoms with E-state index in [1.165, 1.54) is 6.92 Å². The molecule has 0 aliphatic heterocycles. The Morgan fingerprint density at radius 3 is 2.58 bits per heavy atom. The lowest BCUT2D eigenvalue weighted by Crippen LogP contribution is -2.39. The van der Waals surface area contributed by atoms with Crippen LogP contribution in [-0.4, -0.2) is 32.8 Å². The second-order valence-corrected chi connectivity index (χ2v) is 6.82. The number of carboxylic acid groups (broad SMARTS) is 1. The zero-order valence-corrected chi connectivity index (χ0v) is 14.8. The molecule has 2 N–H and O–H groups in total. The summed E-state index contributed by atoms with van der Waals surface area (Å²) in [6.07, 6.45) is 3.71. The summed E-state index contributed by atoms with van der Waals surface area (Å²) >= 11 is 3.41. The van der Waals surface area contributed by atoms with E-state index in [9.17, 15) is 9.59 Å². The van der Waals surface area contributed by atoms with Gasteiger partial charge in [0.2, 0.25) is 0 Å². The van der Waals surface area contributed by atoms with E-state index in [0.717, 1.165) is 47.1 Å². The smallest absolute Gasteiger partial charge is 0.325 e. The minimum atomic E-state index is -1.07. The lowest BCUT2D eigenvalue weighted by atomic mass is 9.95. The van der Waals surface area contributed by atoms with Gasteiger partial charge in [0.15, 0.2) is 5.69 Å². The molecule has 3 rings (SSSR count). The Balaban J connectivity index is 2.00. The number of amides is 1. The molecule has 0 spiro atoms. The van der Waals surface area contributed by atoms with Gasteiger partial charge in [-0.1, -0.05) is 15.9 Å². The van der Waals surface area contributed by atoms with Crippen molar-refractivity contribution < 1.29 is 14.7 Å². The second kappa shape index (κ2) is 6.76. The molecule has 1 heterocycles. The summed E-state index contributed by atoms with van der Waals surface area (Å²) in [5.41, 5.74) is 3.19. The zero-order valence-electron chi connectivity index (χ0n) is 13.3. The van der Waals surface area contributed by atoms with Crippen molar-refractivity contribution in [3.05, 3.63) is 45.7 Å². The Labute approximate surface area is 148 Å². The molecule has 0 saturated carbocycles. The van der Waals surface area contributed by atoms with Crippen LogP contribution in [0.5, 0.6) is 0 Å². The molecule has 24 heavy (non-hydrogen) atoms. The SMILES string of the molecule is C[C@@H](NC(=O)c1nn(-c2ccc(Br)cc2)c2c1CCCC2)C(=O)O. The third-order valence-electron chi connectivity index (χ3n) is 4.18. The van der Waals surface area contributed by atoms with Gasteiger partial charge in [0, 0.05) is 15.7 Å². The summed E-state index contributed by atoms with van der Waals surface area (Å²) in [6.45, 7) is 1.44. The Hall–Kier alpha value is -2.15. The fourth-order valence-corrected chi connectivity index (χ4v) is 3.17. The second-order valence-electron chi connectivity index (χ2n) is 5.90. The topological polar surface area (TPSA) is 84.2 Å².